The van der Waals surface area contributed by atoms with Crippen molar-refractivity contribution in [1.29, 1.82) is 0 Å². The van der Waals surface area contributed by atoms with E-state index in [2.05, 4.69) is 26.2 Å². The first kappa shape index (κ1) is 21.9. The number of hydrogen-bond donors (Lipinski definition) is 1. The molecule has 2 aromatic heterocycles. The minimum Gasteiger partial charge on any atom is -0.465 e. The van der Waals surface area contributed by atoms with Gasteiger partial charge in [0.05, 0.1) is 24.4 Å². The Hall–Kier alpha value is -3.30. The molecule has 7 nitrogen and oxygen atoms in total. The Morgan fingerprint density at radius 3 is 2.66 bits per heavy atom. The lowest BCUT2D eigenvalue weighted by Gasteiger charge is -2.15. The number of fused-ring (bicyclic) bond motifs is 1. The number of rotatable bonds is 5. The lowest BCUT2D eigenvalue weighted by molar-refractivity contribution is -0.118. The molecule has 32 heavy (non-hydrogen) atoms. The van der Waals surface area contributed by atoms with E-state index in [1.54, 1.807) is 25.1 Å². The molecule has 162 valence electrons. The average Bonchev–Trinajstić information content (AvgIpc) is 3.24. The smallest absolute Gasteiger partial charge is 0.337 e. The zero-order valence-electron chi connectivity index (χ0n) is 17.2. The van der Waals surface area contributed by atoms with E-state index < -0.39 is 17.9 Å². The number of hydrogen-bond acceptors (Lipinski definition) is 6. The van der Waals surface area contributed by atoms with Crippen LogP contribution in [0.2, 0.25) is 0 Å². The van der Waals surface area contributed by atoms with Gasteiger partial charge in [0, 0.05) is 21.1 Å². The minimum atomic E-state index is -0.821. The minimum absolute atomic E-state index is 0.292. The molecule has 1 N–H and O–H groups in total. The summed E-state index contributed by atoms with van der Waals surface area (Å²) in [6, 6.07) is 13.3. The van der Waals surface area contributed by atoms with Gasteiger partial charge < -0.3 is 10.1 Å². The fraction of sp³-hybridized carbons (Fsp3) is 0.130. The van der Waals surface area contributed by atoms with Crippen LogP contribution >= 0.6 is 27.3 Å². The molecule has 9 heteroatoms. The standard InChI is InChI=1S/C23H18BrN3O4S/c1-13(20(28)26-17-5-3-4-15(10-17)23(30)31-2)27-12-25-21-19(22(27)29)18(11-32-21)14-6-8-16(24)9-7-14/h3-13H,1-2H3,(H,26,28). The third kappa shape index (κ3) is 4.21. The molecule has 0 aliphatic rings. The highest BCUT2D eigenvalue weighted by atomic mass is 79.9. The first-order valence-electron chi connectivity index (χ1n) is 9.62. The van der Waals surface area contributed by atoms with Gasteiger partial charge in [0.2, 0.25) is 5.91 Å². The third-order valence-corrected chi connectivity index (χ3v) is 6.44. The maximum absolute atomic E-state index is 13.3. The molecular weight excluding hydrogens is 494 g/mol. The number of esters is 1. The number of halogens is 1. The predicted molar refractivity (Wildman–Crippen MR) is 128 cm³/mol. The van der Waals surface area contributed by atoms with Crippen LogP contribution in [0.15, 0.2) is 69.5 Å². The Labute approximate surface area is 195 Å². The van der Waals surface area contributed by atoms with E-state index in [9.17, 15) is 14.4 Å². The van der Waals surface area contributed by atoms with Crippen LogP contribution in [0.5, 0.6) is 0 Å². The summed E-state index contributed by atoms with van der Waals surface area (Å²) in [6.07, 6.45) is 1.39. The summed E-state index contributed by atoms with van der Waals surface area (Å²) >= 11 is 4.80. The summed E-state index contributed by atoms with van der Waals surface area (Å²) in [7, 11) is 1.29. The van der Waals surface area contributed by atoms with Crippen molar-refractivity contribution in [2.24, 2.45) is 0 Å². The molecule has 4 aromatic rings. The van der Waals surface area contributed by atoms with Gasteiger partial charge in [0.1, 0.15) is 10.9 Å². The quantitative estimate of drug-likeness (QED) is 0.386. The van der Waals surface area contributed by atoms with Gasteiger partial charge in [0.25, 0.3) is 5.56 Å². The number of nitrogens with one attached hydrogen (secondary N) is 1. The van der Waals surface area contributed by atoms with Gasteiger partial charge in [0.15, 0.2) is 0 Å². The molecule has 0 bridgehead atoms. The third-order valence-electron chi connectivity index (χ3n) is 5.02. The lowest BCUT2D eigenvalue weighted by atomic mass is 10.1. The molecule has 0 aliphatic carbocycles. The van der Waals surface area contributed by atoms with Crippen LogP contribution in [-0.4, -0.2) is 28.5 Å². The number of carbonyl (C=O) groups is 2. The number of nitrogens with zero attached hydrogens (tertiary/aromatic N) is 2. The monoisotopic (exact) mass is 511 g/mol. The van der Waals surface area contributed by atoms with Gasteiger partial charge in [-0.2, -0.15) is 0 Å². The molecule has 0 saturated heterocycles. The van der Waals surface area contributed by atoms with Gasteiger partial charge in [-0.3, -0.25) is 14.2 Å². The summed E-state index contributed by atoms with van der Waals surface area (Å²) in [4.78, 5) is 42.9. The molecule has 0 spiro atoms. The van der Waals surface area contributed by atoms with Gasteiger partial charge in [-0.15, -0.1) is 11.3 Å². The van der Waals surface area contributed by atoms with E-state index in [-0.39, 0.29) is 5.56 Å². The predicted octanol–water partition coefficient (Wildman–Crippen LogP) is 4.87. The summed E-state index contributed by atoms with van der Waals surface area (Å²) < 4.78 is 6.97. The maximum atomic E-state index is 13.3. The molecule has 0 radical (unpaired) electrons. The summed E-state index contributed by atoms with van der Waals surface area (Å²) in [6.45, 7) is 1.63. The molecule has 2 heterocycles. The van der Waals surface area contributed by atoms with Crippen LogP contribution in [0.4, 0.5) is 5.69 Å². The largest absolute Gasteiger partial charge is 0.465 e. The Morgan fingerprint density at radius 2 is 1.94 bits per heavy atom. The second-order valence-electron chi connectivity index (χ2n) is 7.03. The van der Waals surface area contributed by atoms with E-state index >= 15 is 0 Å². The number of ether oxygens (including phenoxy) is 1. The molecule has 0 aliphatic heterocycles. The lowest BCUT2D eigenvalue weighted by Crippen LogP contribution is -2.31. The number of thiophene rings is 1. The van der Waals surface area contributed by atoms with Gasteiger partial charge >= 0.3 is 5.97 Å². The number of aromatic nitrogens is 2. The molecule has 4 rings (SSSR count). The van der Waals surface area contributed by atoms with Crippen LogP contribution in [0.3, 0.4) is 0 Å². The number of benzene rings is 2. The molecule has 1 atom stereocenters. The van der Waals surface area contributed by atoms with Gasteiger partial charge in [-0.25, -0.2) is 9.78 Å². The van der Waals surface area contributed by atoms with Crippen molar-refractivity contribution in [3.63, 3.8) is 0 Å². The number of amides is 1. The van der Waals surface area contributed by atoms with Crippen molar-refractivity contribution in [3.8, 4) is 11.1 Å². The van der Waals surface area contributed by atoms with E-state index in [0.717, 1.165) is 15.6 Å². The van der Waals surface area contributed by atoms with E-state index in [1.165, 1.54) is 35.4 Å². The molecule has 2 aromatic carbocycles. The first-order chi connectivity index (χ1) is 15.4. The second kappa shape index (κ2) is 9.05. The fourth-order valence-electron chi connectivity index (χ4n) is 3.28. The summed E-state index contributed by atoms with van der Waals surface area (Å²) in [5.41, 5.74) is 2.13. The number of methoxy groups -OCH3 is 1. The van der Waals surface area contributed by atoms with Gasteiger partial charge in [-0.05, 0) is 42.8 Å². The molecule has 1 unspecified atom stereocenters. The normalized spacial score (nSPS) is 11.8. The fourth-order valence-corrected chi connectivity index (χ4v) is 4.45. The van der Waals surface area contributed by atoms with Crippen LogP contribution < -0.4 is 10.9 Å². The molecule has 1 amide bonds. The van der Waals surface area contributed by atoms with Gasteiger partial charge in [-0.1, -0.05) is 34.1 Å². The zero-order valence-corrected chi connectivity index (χ0v) is 19.6. The van der Waals surface area contributed by atoms with Crippen molar-refractivity contribution in [1.82, 2.24) is 9.55 Å². The summed E-state index contributed by atoms with van der Waals surface area (Å²) in [5, 5.41) is 5.12. The van der Waals surface area contributed by atoms with Crippen LogP contribution in [-0.2, 0) is 9.53 Å². The Morgan fingerprint density at radius 1 is 1.19 bits per heavy atom. The van der Waals surface area contributed by atoms with Crippen LogP contribution in [0.1, 0.15) is 23.3 Å². The van der Waals surface area contributed by atoms with E-state index in [4.69, 9.17) is 4.74 Å². The second-order valence-corrected chi connectivity index (χ2v) is 8.80. The Balaban J connectivity index is 1.66. The topological polar surface area (TPSA) is 90.3 Å². The molecule has 0 saturated carbocycles. The van der Waals surface area contributed by atoms with E-state index in [0.29, 0.717) is 21.5 Å². The van der Waals surface area contributed by atoms with Crippen LogP contribution in [0.25, 0.3) is 21.3 Å². The Kier molecular flexibility index (Phi) is 6.20. The number of carbonyl (C=O) groups excluding carboxylic acids is 2. The molecular formula is C23H18BrN3O4S. The average molecular weight is 512 g/mol. The van der Waals surface area contributed by atoms with Crippen molar-refractivity contribution >= 4 is 55.0 Å². The highest BCUT2D eigenvalue weighted by Gasteiger charge is 2.21. The van der Waals surface area contributed by atoms with Crippen molar-refractivity contribution in [2.75, 3.05) is 12.4 Å². The highest BCUT2D eigenvalue weighted by molar-refractivity contribution is 9.10. The molecule has 0 fully saturated rings. The van der Waals surface area contributed by atoms with Crippen LogP contribution in [0, 0.1) is 0 Å². The Bertz CT molecular complexity index is 1380. The van der Waals surface area contributed by atoms with Crippen molar-refractivity contribution < 1.29 is 14.3 Å². The number of anilines is 1. The maximum Gasteiger partial charge on any atom is 0.337 e. The van der Waals surface area contributed by atoms with E-state index in [1.807, 2.05) is 29.6 Å². The first-order valence-corrected chi connectivity index (χ1v) is 11.3. The zero-order chi connectivity index (χ0) is 22.8. The van der Waals surface area contributed by atoms with Crippen molar-refractivity contribution in [2.45, 2.75) is 13.0 Å². The highest BCUT2D eigenvalue weighted by Crippen LogP contribution is 2.31. The summed E-state index contributed by atoms with van der Waals surface area (Å²) in [5.74, 6) is -0.909. The van der Waals surface area contributed by atoms with Crippen molar-refractivity contribution in [3.05, 3.63) is 80.6 Å². The SMILES string of the molecule is COC(=O)c1cccc(NC(=O)C(C)n2cnc3scc(-c4ccc(Br)cc4)c3c2=O)c1.